The molecule has 114 valence electrons. The molecule has 1 unspecified atom stereocenters. The number of nitrogens with one attached hydrogen (secondary N) is 2. The van der Waals surface area contributed by atoms with Gasteiger partial charge in [-0.25, -0.2) is 0 Å². The summed E-state index contributed by atoms with van der Waals surface area (Å²) in [7, 11) is 0. The third-order valence-electron chi connectivity index (χ3n) is 3.68. The Bertz CT molecular complexity index is 495. The molecule has 5 heteroatoms. The number of amides is 2. The highest BCUT2D eigenvalue weighted by atomic mass is 16.2. The second kappa shape index (κ2) is 7.22. The van der Waals surface area contributed by atoms with Crippen LogP contribution in [-0.4, -0.2) is 18.4 Å². The second-order valence-electron chi connectivity index (χ2n) is 5.66. The highest BCUT2D eigenvalue weighted by molar-refractivity contribution is 5.94. The number of anilines is 1. The van der Waals surface area contributed by atoms with Crippen LogP contribution in [0.5, 0.6) is 0 Å². The number of hydrogen-bond donors (Lipinski definition) is 3. The van der Waals surface area contributed by atoms with E-state index in [0.29, 0.717) is 19.5 Å². The fraction of sp³-hybridized carbons (Fsp3) is 0.500. The maximum atomic E-state index is 11.8. The summed E-state index contributed by atoms with van der Waals surface area (Å²) >= 11 is 0. The van der Waals surface area contributed by atoms with Gasteiger partial charge in [0, 0.05) is 24.1 Å². The van der Waals surface area contributed by atoms with Crippen molar-refractivity contribution in [3.05, 3.63) is 29.8 Å². The fourth-order valence-electron chi connectivity index (χ4n) is 2.04. The Balaban J connectivity index is 1.79. The van der Waals surface area contributed by atoms with Crippen LogP contribution in [0.1, 0.15) is 31.7 Å². The van der Waals surface area contributed by atoms with Crippen molar-refractivity contribution in [3.63, 3.8) is 0 Å². The average molecular weight is 289 g/mol. The Morgan fingerprint density at radius 1 is 1.29 bits per heavy atom. The lowest BCUT2D eigenvalue weighted by Crippen LogP contribution is -2.29. The lowest BCUT2D eigenvalue weighted by atomic mass is 10.1. The van der Waals surface area contributed by atoms with Crippen LogP contribution in [0.25, 0.3) is 0 Å². The summed E-state index contributed by atoms with van der Waals surface area (Å²) in [5.41, 5.74) is 7.25. The smallest absolute Gasteiger partial charge is 0.227 e. The summed E-state index contributed by atoms with van der Waals surface area (Å²) in [6.45, 7) is 2.88. The van der Waals surface area contributed by atoms with Gasteiger partial charge in [-0.3, -0.25) is 9.59 Å². The number of hydrogen-bond acceptors (Lipinski definition) is 3. The third kappa shape index (κ3) is 4.86. The first-order valence-corrected chi connectivity index (χ1v) is 7.47. The molecule has 1 aliphatic rings. The van der Waals surface area contributed by atoms with Gasteiger partial charge in [0.15, 0.2) is 0 Å². The van der Waals surface area contributed by atoms with Crippen molar-refractivity contribution in [1.82, 2.24) is 5.32 Å². The Morgan fingerprint density at radius 2 is 1.95 bits per heavy atom. The van der Waals surface area contributed by atoms with Crippen molar-refractivity contribution >= 4 is 17.5 Å². The normalized spacial score (nSPS) is 15.3. The summed E-state index contributed by atoms with van der Waals surface area (Å²) in [6.07, 6.45) is 2.69. The Kier molecular flexibility index (Phi) is 5.33. The number of nitrogens with two attached hydrogens (primary N) is 1. The van der Waals surface area contributed by atoms with Gasteiger partial charge in [-0.15, -0.1) is 0 Å². The zero-order valence-corrected chi connectivity index (χ0v) is 12.4. The van der Waals surface area contributed by atoms with E-state index in [1.807, 2.05) is 31.2 Å². The van der Waals surface area contributed by atoms with Crippen molar-refractivity contribution < 1.29 is 9.59 Å². The summed E-state index contributed by atoms with van der Waals surface area (Å²) in [5, 5.41) is 5.78. The number of carbonyl (C=O) groups excluding carboxylic acids is 2. The van der Waals surface area contributed by atoms with Crippen LogP contribution in [-0.2, 0) is 16.1 Å². The third-order valence-corrected chi connectivity index (χ3v) is 3.68. The molecule has 0 bridgehead atoms. The molecule has 2 rings (SSSR count). The SMILES string of the molecule is CC(CCN)C(=O)NCc1ccc(NC(=O)C2CC2)cc1. The monoisotopic (exact) mass is 289 g/mol. The molecular weight excluding hydrogens is 266 g/mol. The van der Waals surface area contributed by atoms with Gasteiger partial charge in [-0.05, 0) is 43.5 Å². The minimum atomic E-state index is -0.0629. The largest absolute Gasteiger partial charge is 0.352 e. The van der Waals surface area contributed by atoms with E-state index in [2.05, 4.69) is 10.6 Å². The molecule has 1 aliphatic carbocycles. The predicted molar refractivity (Wildman–Crippen MR) is 82.5 cm³/mol. The Morgan fingerprint density at radius 3 is 2.52 bits per heavy atom. The number of carbonyl (C=O) groups is 2. The molecule has 0 saturated heterocycles. The van der Waals surface area contributed by atoms with E-state index in [9.17, 15) is 9.59 Å². The standard InChI is InChI=1S/C16H23N3O2/c1-11(8-9-17)15(20)18-10-12-2-6-14(7-3-12)19-16(21)13-4-5-13/h2-3,6-7,11,13H,4-5,8-10,17H2,1H3,(H,18,20)(H,19,21). The molecule has 1 aromatic carbocycles. The summed E-state index contributed by atoms with van der Waals surface area (Å²) in [4.78, 5) is 23.4. The van der Waals surface area contributed by atoms with E-state index in [4.69, 9.17) is 5.73 Å². The van der Waals surface area contributed by atoms with Gasteiger partial charge in [-0.2, -0.15) is 0 Å². The summed E-state index contributed by atoms with van der Waals surface area (Å²) < 4.78 is 0. The maximum absolute atomic E-state index is 11.8. The van der Waals surface area contributed by atoms with Crippen molar-refractivity contribution in [3.8, 4) is 0 Å². The van der Waals surface area contributed by atoms with Gasteiger partial charge in [0.25, 0.3) is 0 Å². The molecule has 0 aromatic heterocycles. The van der Waals surface area contributed by atoms with Crippen LogP contribution in [0.4, 0.5) is 5.69 Å². The van der Waals surface area contributed by atoms with Crippen LogP contribution >= 0.6 is 0 Å². The van der Waals surface area contributed by atoms with Crippen LogP contribution in [0.15, 0.2) is 24.3 Å². The topological polar surface area (TPSA) is 84.2 Å². The molecule has 1 aromatic rings. The first kappa shape index (κ1) is 15.5. The molecule has 5 nitrogen and oxygen atoms in total. The molecule has 2 amide bonds. The van der Waals surface area contributed by atoms with Crippen molar-refractivity contribution in [2.75, 3.05) is 11.9 Å². The fourth-order valence-corrected chi connectivity index (χ4v) is 2.04. The van der Waals surface area contributed by atoms with Gasteiger partial charge >= 0.3 is 0 Å². The minimum Gasteiger partial charge on any atom is -0.352 e. The lowest BCUT2D eigenvalue weighted by Gasteiger charge is -2.11. The van der Waals surface area contributed by atoms with E-state index in [1.54, 1.807) is 0 Å². The maximum Gasteiger partial charge on any atom is 0.227 e. The van der Waals surface area contributed by atoms with E-state index in [-0.39, 0.29) is 23.7 Å². The molecular formula is C16H23N3O2. The van der Waals surface area contributed by atoms with E-state index in [1.165, 1.54) is 0 Å². The van der Waals surface area contributed by atoms with E-state index < -0.39 is 0 Å². The quantitative estimate of drug-likeness (QED) is 0.713. The summed E-state index contributed by atoms with van der Waals surface area (Å²) in [5.74, 6) is 0.262. The Labute approximate surface area is 125 Å². The molecule has 0 spiro atoms. The molecule has 0 aliphatic heterocycles. The first-order valence-electron chi connectivity index (χ1n) is 7.47. The molecule has 1 fully saturated rings. The van der Waals surface area contributed by atoms with E-state index in [0.717, 1.165) is 24.1 Å². The molecule has 1 atom stereocenters. The lowest BCUT2D eigenvalue weighted by molar-refractivity contribution is -0.124. The van der Waals surface area contributed by atoms with Gasteiger partial charge in [0.2, 0.25) is 11.8 Å². The van der Waals surface area contributed by atoms with Gasteiger partial charge in [0.05, 0.1) is 0 Å². The minimum absolute atomic E-state index is 0.0200. The predicted octanol–water partition coefficient (Wildman–Crippen LogP) is 1.64. The van der Waals surface area contributed by atoms with Gasteiger partial charge in [-0.1, -0.05) is 19.1 Å². The number of rotatable bonds is 7. The van der Waals surface area contributed by atoms with Gasteiger partial charge in [0.1, 0.15) is 0 Å². The van der Waals surface area contributed by atoms with Crippen LogP contribution in [0.2, 0.25) is 0 Å². The molecule has 0 heterocycles. The van der Waals surface area contributed by atoms with Crippen LogP contribution in [0.3, 0.4) is 0 Å². The van der Waals surface area contributed by atoms with Crippen molar-refractivity contribution in [2.45, 2.75) is 32.7 Å². The first-order chi connectivity index (χ1) is 10.1. The van der Waals surface area contributed by atoms with Crippen LogP contribution < -0.4 is 16.4 Å². The second-order valence-corrected chi connectivity index (χ2v) is 5.66. The van der Waals surface area contributed by atoms with Crippen LogP contribution in [0, 0.1) is 11.8 Å². The van der Waals surface area contributed by atoms with Gasteiger partial charge < -0.3 is 16.4 Å². The molecule has 4 N–H and O–H groups in total. The van der Waals surface area contributed by atoms with E-state index >= 15 is 0 Å². The highest BCUT2D eigenvalue weighted by Gasteiger charge is 2.29. The average Bonchev–Trinajstić information content (AvgIpc) is 3.31. The van der Waals surface area contributed by atoms with Crippen molar-refractivity contribution in [2.24, 2.45) is 17.6 Å². The zero-order valence-electron chi connectivity index (χ0n) is 12.4. The highest BCUT2D eigenvalue weighted by Crippen LogP contribution is 2.30. The molecule has 1 saturated carbocycles. The number of benzene rings is 1. The Hall–Kier alpha value is -1.88. The molecule has 0 radical (unpaired) electrons. The van der Waals surface area contributed by atoms with Crippen molar-refractivity contribution in [1.29, 1.82) is 0 Å². The molecule has 21 heavy (non-hydrogen) atoms. The summed E-state index contributed by atoms with van der Waals surface area (Å²) in [6, 6.07) is 7.56. The zero-order chi connectivity index (χ0) is 15.2.